The van der Waals surface area contributed by atoms with E-state index in [0.29, 0.717) is 5.88 Å². The highest BCUT2D eigenvalue weighted by molar-refractivity contribution is 5.99. The minimum absolute atomic E-state index is 0.313. The van der Waals surface area contributed by atoms with Gasteiger partial charge in [-0.2, -0.15) is 0 Å². The topological polar surface area (TPSA) is 67.2 Å². The standard InChI is InChI=1S/C12H13N3O2/c1-8-3-4-9(2)10(7-8)14-12(16)15-11-5-6-13-17-11/h3-7H,1-2H3,(H2,14,15,16). The lowest BCUT2D eigenvalue weighted by molar-refractivity contribution is 0.261. The van der Waals surface area contributed by atoms with Crippen molar-refractivity contribution in [1.82, 2.24) is 5.16 Å². The van der Waals surface area contributed by atoms with E-state index in [1.807, 2.05) is 32.0 Å². The third-order valence-electron chi connectivity index (χ3n) is 2.32. The molecule has 0 radical (unpaired) electrons. The monoisotopic (exact) mass is 231 g/mol. The third kappa shape index (κ3) is 2.84. The Hall–Kier alpha value is -2.30. The van der Waals surface area contributed by atoms with Gasteiger partial charge in [0.05, 0.1) is 6.20 Å². The lowest BCUT2D eigenvalue weighted by Crippen LogP contribution is -2.19. The highest BCUT2D eigenvalue weighted by Crippen LogP contribution is 2.16. The van der Waals surface area contributed by atoms with Crippen molar-refractivity contribution < 1.29 is 9.32 Å². The van der Waals surface area contributed by atoms with Crippen LogP contribution in [0.4, 0.5) is 16.4 Å². The molecule has 0 aliphatic rings. The van der Waals surface area contributed by atoms with Crippen LogP contribution in [0.1, 0.15) is 11.1 Å². The molecular weight excluding hydrogens is 218 g/mol. The van der Waals surface area contributed by atoms with Crippen molar-refractivity contribution in [2.75, 3.05) is 10.6 Å². The predicted molar refractivity (Wildman–Crippen MR) is 65.1 cm³/mol. The number of anilines is 2. The summed E-state index contributed by atoms with van der Waals surface area (Å²) in [5.41, 5.74) is 2.87. The zero-order valence-electron chi connectivity index (χ0n) is 9.65. The van der Waals surface area contributed by atoms with Crippen LogP contribution in [-0.4, -0.2) is 11.2 Å². The van der Waals surface area contributed by atoms with Crippen LogP contribution in [0.2, 0.25) is 0 Å². The van der Waals surface area contributed by atoms with E-state index in [1.165, 1.54) is 6.20 Å². The molecule has 0 atom stereocenters. The fourth-order valence-corrected chi connectivity index (χ4v) is 1.42. The van der Waals surface area contributed by atoms with Gasteiger partial charge < -0.3 is 9.84 Å². The molecule has 1 aromatic heterocycles. The molecule has 2 amide bonds. The van der Waals surface area contributed by atoms with Crippen LogP contribution >= 0.6 is 0 Å². The summed E-state index contributed by atoms with van der Waals surface area (Å²) in [7, 11) is 0. The Morgan fingerprint density at radius 1 is 1.24 bits per heavy atom. The molecule has 5 heteroatoms. The number of nitrogens with one attached hydrogen (secondary N) is 2. The van der Waals surface area contributed by atoms with Gasteiger partial charge in [-0.25, -0.2) is 4.79 Å². The Balaban J connectivity index is 2.05. The van der Waals surface area contributed by atoms with E-state index < -0.39 is 0 Å². The molecule has 0 fully saturated rings. The summed E-state index contributed by atoms with van der Waals surface area (Å²) in [5, 5.41) is 8.79. The second-order valence-corrected chi connectivity index (χ2v) is 3.77. The molecule has 0 saturated heterocycles. The van der Waals surface area contributed by atoms with E-state index in [0.717, 1.165) is 16.8 Å². The molecule has 2 N–H and O–H groups in total. The van der Waals surface area contributed by atoms with Crippen LogP contribution < -0.4 is 10.6 Å². The van der Waals surface area contributed by atoms with Gasteiger partial charge >= 0.3 is 6.03 Å². The molecule has 0 aliphatic heterocycles. The summed E-state index contributed by atoms with van der Waals surface area (Å²) in [6.45, 7) is 3.91. The number of aromatic nitrogens is 1. The normalized spacial score (nSPS) is 10.0. The van der Waals surface area contributed by atoms with E-state index in [-0.39, 0.29) is 6.03 Å². The Morgan fingerprint density at radius 3 is 2.76 bits per heavy atom. The lowest BCUT2D eigenvalue weighted by atomic mass is 10.1. The maximum Gasteiger partial charge on any atom is 0.326 e. The first-order valence-corrected chi connectivity index (χ1v) is 5.21. The van der Waals surface area contributed by atoms with Crippen molar-refractivity contribution in [3.8, 4) is 0 Å². The average Bonchev–Trinajstić information content (AvgIpc) is 2.76. The van der Waals surface area contributed by atoms with Gasteiger partial charge in [0, 0.05) is 11.8 Å². The highest BCUT2D eigenvalue weighted by atomic mass is 16.5. The number of nitrogens with zero attached hydrogens (tertiary/aromatic N) is 1. The molecule has 17 heavy (non-hydrogen) atoms. The largest absolute Gasteiger partial charge is 0.338 e. The van der Waals surface area contributed by atoms with Crippen molar-refractivity contribution >= 4 is 17.6 Å². The van der Waals surface area contributed by atoms with Crippen LogP contribution in [0.15, 0.2) is 35.0 Å². The second kappa shape index (κ2) is 4.69. The number of carbonyl (C=O) groups excluding carboxylic acids is 1. The first-order valence-electron chi connectivity index (χ1n) is 5.21. The summed E-state index contributed by atoms with van der Waals surface area (Å²) in [6.07, 6.45) is 1.47. The molecule has 1 heterocycles. The number of rotatable bonds is 2. The number of benzene rings is 1. The molecule has 1 aromatic carbocycles. The first kappa shape index (κ1) is 11.2. The van der Waals surface area contributed by atoms with Gasteiger partial charge in [-0.15, -0.1) is 0 Å². The number of amides is 2. The maximum atomic E-state index is 11.6. The molecule has 5 nitrogen and oxygen atoms in total. The minimum atomic E-state index is -0.351. The SMILES string of the molecule is Cc1ccc(C)c(NC(=O)Nc2ccno2)c1. The summed E-state index contributed by atoms with van der Waals surface area (Å²) < 4.78 is 4.77. The number of carbonyl (C=O) groups is 1. The summed E-state index contributed by atoms with van der Waals surface area (Å²) >= 11 is 0. The van der Waals surface area contributed by atoms with Crippen LogP contribution in [0, 0.1) is 13.8 Å². The maximum absolute atomic E-state index is 11.6. The first-order chi connectivity index (χ1) is 8.15. The Morgan fingerprint density at radius 2 is 2.06 bits per heavy atom. The Labute approximate surface area is 98.8 Å². The second-order valence-electron chi connectivity index (χ2n) is 3.77. The molecular formula is C12H13N3O2. The molecule has 0 saturated carbocycles. The van der Waals surface area contributed by atoms with E-state index in [2.05, 4.69) is 15.8 Å². The van der Waals surface area contributed by atoms with E-state index in [1.54, 1.807) is 6.07 Å². The molecule has 0 aliphatic carbocycles. The number of hydrogen-bond acceptors (Lipinski definition) is 3. The smallest absolute Gasteiger partial charge is 0.326 e. The van der Waals surface area contributed by atoms with Gasteiger partial charge in [0.15, 0.2) is 0 Å². The van der Waals surface area contributed by atoms with Crippen molar-refractivity contribution in [3.05, 3.63) is 41.6 Å². The van der Waals surface area contributed by atoms with Gasteiger partial charge in [-0.3, -0.25) is 5.32 Å². The molecule has 0 spiro atoms. The average molecular weight is 231 g/mol. The molecule has 2 aromatic rings. The van der Waals surface area contributed by atoms with Gasteiger partial charge in [0.2, 0.25) is 5.88 Å². The zero-order chi connectivity index (χ0) is 12.3. The fraction of sp³-hybridized carbons (Fsp3) is 0.167. The van der Waals surface area contributed by atoms with Crippen LogP contribution in [-0.2, 0) is 0 Å². The zero-order valence-corrected chi connectivity index (χ0v) is 9.65. The number of aryl methyl sites for hydroxylation is 2. The molecule has 2 rings (SSSR count). The van der Waals surface area contributed by atoms with Gasteiger partial charge in [0.25, 0.3) is 0 Å². The van der Waals surface area contributed by atoms with Gasteiger partial charge in [-0.05, 0) is 31.0 Å². The molecule has 0 bridgehead atoms. The van der Waals surface area contributed by atoms with Crippen LogP contribution in [0.3, 0.4) is 0 Å². The van der Waals surface area contributed by atoms with E-state index in [9.17, 15) is 4.79 Å². The molecule has 0 unspecified atom stereocenters. The van der Waals surface area contributed by atoms with Crippen molar-refractivity contribution in [2.24, 2.45) is 0 Å². The fourth-order valence-electron chi connectivity index (χ4n) is 1.42. The van der Waals surface area contributed by atoms with Crippen LogP contribution in [0.5, 0.6) is 0 Å². The van der Waals surface area contributed by atoms with Crippen molar-refractivity contribution in [1.29, 1.82) is 0 Å². The summed E-state index contributed by atoms with van der Waals surface area (Å²) in [5.74, 6) is 0.313. The van der Waals surface area contributed by atoms with Crippen LogP contribution in [0.25, 0.3) is 0 Å². The summed E-state index contributed by atoms with van der Waals surface area (Å²) in [6, 6.07) is 7.09. The van der Waals surface area contributed by atoms with Gasteiger partial charge in [0.1, 0.15) is 0 Å². The van der Waals surface area contributed by atoms with E-state index >= 15 is 0 Å². The number of urea groups is 1. The van der Waals surface area contributed by atoms with Gasteiger partial charge in [-0.1, -0.05) is 17.3 Å². The van der Waals surface area contributed by atoms with Crippen molar-refractivity contribution in [2.45, 2.75) is 13.8 Å². The minimum Gasteiger partial charge on any atom is -0.338 e. The Bertz CT molecular complexity index is 521. The lowest BCUT2D eigenvalue weighted by Gasteiger charge is -2.08. The Kier molecular flexibility index (Phi) is 3.09. The van der Waals surface area contributed by atoms with Crippen molar-refractivity contribution in [3.63, 3.8) is 0 Å². The number of hydrogen-bond donors (Lipinski definition) is 2. The highest BCUT2D eigenvalue weighted by Gasteiger charge is 2.06. The van der Waals surface area contributed by atoms with E-state index in [4.69, 9.17) is 4.52 Å². The predicted octanol–water partition coefficient (Wildman–Crippen LogP) is 2.94. The third-order valence-corrected chi connectivity index (χ3v) is 2.32. The summed E-state index contributed by atoms with van der Waals surface area (Å²) in [4.78, 5) is 11.6. The molecule has 88 valence electrons. The quantitative estimate of drug-likeness (QED) is 0.835.